The van der Waals surface area contributed by atoms with Gasteiger partial charge in [0.25, 0.3) is 0 Å². The minimum absolute atomic E-state index is 0.0472. The van der Waals surface area contributed by atoms with Crippen molar-refractivity contribution in [2.24, 2.45) is 11.3 Å². The third kappa shape index (κ3) is 7.74. The van der Waals surface area contributed by atoms with Gasteiger partial charge in [0.05, 0.1) is 12.8 Å². The lowest BCUT2D eigenvalue weighted by molar-refractivity contribution is -0.147. The molecule has 6 N–H and O–H groups in total. The third-order valence-electron chi connectivity index (χ3n) is 7.12. The van der Waals surface area contributed by atoms with Gasteiger partial charge in [-0.2, -0.15) is 0 Å². The molecule has 10 heteroatoms. The number of hydrogen-bond donors (Lipinski definition) is 6. The lowest BCUT2D eigenvalue weighted by Crippen LogP contribution is -2.63. The fraction of sp³-hybridized carbons (Fsp3) is 0.818. The van der Waals surface area contributed by atoms with Crippen LogP contribution in [0.2, 0.25) is 0 Å². The van der Waals surface area contributed by atoms with Gasteiger partial charge >= 0.3 is 23.9 Å². The van der Waals surface area contributed by atoms with E-state index in [0.29, 0.717) is 32.2 Å². The summed E-state index contributed by atoms with van der Waals surface area (Å²) < 4.78 is 0. The molecule has 0 aromatic heterocycles. The van der Waals surface area contributed by atoms with Crippen LogP contribution < -0.4 is 10.6 Å². The molecule has 0 bridgehead atoms. The maximum Gasteiger partial charge on any atom is 0.321 e. The van der Waals surface area contributed by atoms with Gasteiger partial charge in [-0.15, -0.1) is 0 Å². The fourth-order valence-corrected chi connectivity index (χ4v) is 4.98. The Hall–Kier alpha value is -2.20. The van der Waals surface area contributed by atoms with Crippen molar-refractivity contribution in [3.8, 4) is 0 Å². The van der Waals surface area contributed by atoms with Crippen molar-refractivity contribution in [3.63, 3.8) is 0 Å². The van der Waals surface area contributed by atoms with E-state index in [-0.39, 0.29) is 5.92 Å². The number of nitrogens with one attached hydrogen (secondary N) is 2. The van der Waals surface area contributed by atoms with Crippen molar-refractivity contribution >= 4 is 23.9 Å². The van der Waals surface area contributed by atoms with Crippen LogP contribution in [0.1, 0.15) is 79.6 Å². The summed E-state index contributed by atoms with van der Waals surface area (Å²) in [4.78, 5) is 45.2. The Bertz CT molecular complexity index is 650. The number of carboxylic acid groups (broad SMARTS) is 4. The Morgan fingerprint density at radius 3 is 1.59 bits per heavy atom. The Morgan fingerprint density at radius 2 is 1.25 bits per heavy atom. The van der Waals surface area contributed by atoms with Crippen LogP contribution in [0.3, 0.4) is 0 Å². The lowest BCUT2D eigenvalue weighted by Gasteiger charge is -2.54. The minimum atomic E-state index is -1.24. The van der Waals surface area contributed by atoms with E-state index in [0.717, 1.165) is 6.42 Å². The van der Waals surface area contributed by atoms with Crippen molar-refractivity contribution < 1.29 is 39.6 Å². The normalized spacial score (nSPS) is 16.5. The van der Waals surface area contributed by atoms with Gasteiger partial charge in [0.15, 0.2) is 0 Å². The monoisotopic (exact) mass is 460 g/mol. The van der Waals surface area contributed by atoms with E-state index >= 15 is 0 Å². The molecule has 186 valence electrons. The molecular formula is C22H40N2O8. The summed E-state index contributed by atoms with van der Waals surface area (Å²) >= 11 is 0. The molecule has 0 rings (SSSR count). The van der Waals surface area contributed by atoms with Crippen molar-refractivity contribution in [1.82, 2.24) is 10.6 Å². The molecule has 0 spiro atoms. The number of rotatable bonds is 18. The van der Waals surface area contributed by atoms with Gasteiger partial charge in [0.1, 0.15) is 12.1 Å². The second kappa shape index (κ2) is 13.4. The topological polar surface area (TPSA) is 173 Å². The molecule has 0 fully saturated rings. The average Bonchev–Trinajstić information content (AvgIpc) is 2.72. The van der Waals surface area contributed by atoms with Crippen LogP contribution in [0.15, 0.2) is 0 Å². The quantitative estimate of drug-likeness (QED) is 0.178. The largest absolute Gasteiger partial charge is 0.481 e. The highest BCUT2D eigenvalue weighted by atomic mass is 16.4. The maximum atomic E-state index is 11.8. The summed E-state index contributed by atoms with van der Waals surface area (Å²) in [6.45, 7) is 10.3. The predicted octanol–water partition coefficient (Wildman–Crippen LogP) is 2.41. The first-order valence-electron chi connectivity index (χ1n) is 11.2. The van der Waals surface area contributed by atoms with Crippen LogP contribution >= 0.6 is 0 Å². The summed E-state index contributed by atoms with van der Waals surface area (Å²) in [6, 6.07) is -2.43. The highest BCUT2D eigenvalue weighted by Crippen LogP contribution is 2.48. The number of carboxylic acids is 4. The minimum Gasteiger partial charge on any atom is -0.481 e. The van der Waals surface area contributed by atoms with Gasteiger partial charge in [-0.1, -0.05) is 41.0 Å². The van der Waals surface area contributed by atoms with Crippen LogP contribution in [0.4, 0.5) is 0 Å². The van der Waals surface area contributed by atoms with Crippen LogP contribution in [0.25, 0.3) is 0 Å². The standard InChI is InChI=1S/C22H40N2O8/c1-6-14(10-11-23-15(19(29)30)12-17(25)26)21(5,7-2)22(8-3,9-4)24-16(20(31)32)13-18(27)28/h14-16,23-24H,6-13H2,1-5H3,(H,25,26)(H,27,28)(H,29,30)(H,31,32). The van der Waals surface area contributed by atoms with Crippen molar-refractivity contribution in [2.75, 3.05) is 6.54 Å². The highest BCUT2D eigenvalue weighted by Gasteiger charge is 2.50. The fourth-order valence-electron chi connectivity index (χ4n) is 4.98. The summed E-state index contributed by atoms with van der Waals surface area (Å²) in [5.41, 5.74) is -1.08. The lowest BCUT2D eigenvalue weighted by atomic mass is 9.57. The van der Waals surface area contributed by atoms with E-state index in [1.807, 2.05) is 27.7 Å². The number of aliphatic carboxylic acids is 4. The van der Waals surface area contributed by atoms with E-state index in [9.17, 15) is 29.4 Å². The molecule has 0 aliphatic heterocycles. The summed E-state index contributed by atoms with van der Waals surface area (Å²) in [5.74, 6) is -4.79. The van der Waals surface area contributed by atoms with E-state index in [4.69, 9.17) is 10.2 Å². The molecule has 32 heavy (non-hydrogen) atoms. The van der Waals surface area contributed by atoms with Crippen molar-refractivity contribution in [3.05, 3.63) is 0 Å². The molecule has 0 heterocycles. The second-order valence-corrected chi connectivity index (χ2v) is 8.53. The molecule has 0 aromatic rings. The zero-order valence-corrected chi connectivity index (χ0v) is 19.8. The zero-order valence-electron chi connectivity index (χ0n) is 19.8. The molecule has 4 unspecified atom stereocenters. The van der Waals surface area contributed by atoms with Crippen molar-refractivity contribution in [2.45, 2.75) is 97.2 Å². The van der Waals surface area contributed by atoms with E-state index in [1.165, 1.54) is 0 Å². The molecule has 0 radical (unpaired) electrons. The first kappa shape index (κ1) is 29.8. The first-order valence-corrected chi connectivity index (χ1v) is 11.2. The van der Waals surface area contributed by atoms with Crippen molar-refractivity contribution in [1.29, 1.82) is 0 Å². The summed E-state index contributed by atoms with van der Waals surface area (Å²) in [5, 5.41) is 42.9. The van der Waals surface area contributed by atoms with Crippen LogP contribution in [-0.2, 0) is 19.2 Å². The van der Waals surface area contributed by atoms with Gasteiger partial charge in [-0.05, 0) is 43.6 Å². The molecule has 0 amide bonds. The summed E-state index contributed by atoms with van der Waals surface area (Å²) in [7, 11) is 0. The molecule has 0 saturated heterocycles. The van der Waals surface area contributed by atoms with Gasteiger partial charge in [0.2, 0.25) is 0 Å². The van der Waals surface area contributed by atoms with Gasteiger partial charge < -0.3 is 25.7 Å². The van der Waals surface area contributed by atoms with Gasteiger partial charge in [-0.25, -0.2) is 0 Å². The number of carbonyl (C=O) groups is 4. The molecule has 0 aliphatic carbocycles. The number of hydrogen-bond acceptors (Lipinski definition) is 6. The van der Waals surface area contributed by atoms with E-state index in [1.54, 1.807) is 0 Å². The van der Waals surface area contributed by atoms with E-state index in [2.05, 4.69) is 17.6 Å². The second-order valence-electron chi connectivity index (χ2n) is 8.53. The van der Waals surface area contributed by atoms with E-state index < -0.39 is 59.8 Å². The predicted molar refractivity (Wildman–Crippen MR) is 119 cm³/mol. The maximum absolute atomic E-state index is 11.8. The van der Waals surface area contributed by atoms with Gasteiger partial charge in [0, 0.05) is 5.54 Å². The molecule has 0 aromatic carbocycles. The van der Waals surface area contributed by atoms with Crippen LogP contribution in [0, 0.1) is 11.3 Å². The smallest absolute Gasteiger partial charge is 0.321 e. The third-order valence-corrected chi connectivity index (χ3v) is 7.12. The van der Waals surface area contributed by atoms with Crippen LogP contribution in [-0.4, -0.2) is 68.5 Å². The molecule has 0 saturated carbocycles. The van der Waals surface area contributed by atoms with Crippen LogP contribution in [0.5, 0.6) is 0 Å². The molecule has 4 atom stereocenters. The Labute approximate surface area is 189 Å². The zero-order chi connectivity index (χ0) is 25.1. The average molecular weight is 461 g/mol. The van der Waals surface area contributed by atoms with Gasteiger partial charge in [-0.3, -0.25) is 24.5 Å². The summed E-state index contributed by atoms with van der Waals surface area (Å²) in [6.07, 6.45) is 2.09. The SMILES string of the molecule is CCC(CCNC(CC(=O)O)C(=O)O)C(C)(CC)C(CC)(CC)NC(CC(=O)O)C(=O)O. The Morgan fingerprint density at radius 1 is 0.781 bits per heavy atom. The first-order chi connectivity index (χ1) is 14.8. The molecular weight excluding hydrogens is 420 g/mol. The molecule has 10 nitrogen and oxygen atoms in total. The Balaban J connectivity index is 5.80. The highest BCUT2D eigenvalue weighted by molar-refractivity contribution is 5.81. The Kier molecular flexibility index (Phi) is 12.5. The molecule has 0 aliphatic rings.